The van der Waals surface area contributed by atoms with E-state index in [1.807, 2.05) is 30.3 Å². The Labute approximate surface area is 250 Å². The SMILES string of the molecule is O=C1[C@H](CCN2CCCC2)N2C(=O)CCN(C(=O)OCc3cc(C(F)(F)F)cc(C(F)(F)F)c3)[C@H]2CN1Cc1ccccc1. The quantitative estimate of drug-likeness (QED) is 0.400. The number of carbonyl (C=O) groups excluding carboxylic acids is 3. The third-order valence-corrected chi connectivity index (χ3v) is 8.23. The Morgan fingerprint density at radius 3 is 2.11 bits per heavy atom. The van der Waals surface area contributed by atoms with Crippen molar-refractivity contribution < 1.29 is 45.5 Å². The van der Waals surface area contributed by atoms with E-state index in [9.17, 15) is 40.7 Å². The number of ether oxygens (including phenoxy) is 1. The minimum atomic E-state index is -5.05. The molecule has 3 aliphatic heterocycles. The molecule has 238 valence electrons. The minimum Gasteiger partial charge on any atom is -0.444 e. The number of fused-ring (bicyclic) bond motifs is 1. The summed E-state index contributed by atoms with van der Waals surface area (Å²) in [7, 11) is 0. The molecule has 0 saturated carbocycles. The molecule has 2 aromatic rings. The van der Waals surface area contributed by atoms with Crippen LogP contribution in [-0.4, -0.2) is 82.4 Å². The first kappa shape index (κ1) is 31.6. The number of alkyl halides is 6. The zero-order chi connectivity index (χ0) is 31.6. The molecule has 0 unspecified atom stereocenters. The Bertz CT molecular complexity index is 1330. The van der Waals surface area contributed by atoms with Crippen molar-refractivity contribution in [2.45, 2.75) is 63.4 Å². The number of piperazine rings is 1. The fourth-order valence-corrected chi connectivity index (χ4v) is 6.06. The lowest BCUT2D eigenvalue weighted by Crippen LogP contribution is -2.71. The molecule has 0 radical (unpaired) electrons. The number of hydrogen-bond donors (Lipinski definition) is 0. The van der Waals surface area contributed by atoms with Crippen molar-refractivity contribution in [3.63, 3.8) is 0 Å². The fourth-order valence-electron chi connectivity index (χ4n) is 6.06. The number of rotatable bonds is 7. The molecule has 3 heterocycles. The van der Waals surface area contributed by atoms with Gasteiger partial charge in [-0.15, -0.1) is 0 Å². The average Bonchev–Trinajstić information content (AvgIpc) is 3.49. The predicted molar refractivity (Wildman–Crippen MR) is 145 cm³/mol. The molecule has 2 atom stereocenters. The van der Waals surface area contributed by atoms with Crippen LogP contribution in [0.5, 0.6) is 0 Å². The van der Waals surface area contributed by atoms with Gasteiger partial charge < -0.3 is 19.4 Å². The fraction of sp³-hybridized carbons (Fsp3) is 0.500. The van der Waals surface area contributed by atoms with Crippen LogP contribution >= 0.6 is 0 Å². The monoisotopic (exact) mass is 626 g/mol. The molecule has 3 saturated heterocycles. The maximum Gasteiger partial charge on any atom is 0.416 e. The summed E-state index contributed by atoms with van der Waals surface area (Å²) in [5.74, 6) is -0.567. The van der Waals surface area contributed by atoms with Gasteiger partial charge in [-0.25, -0.2) is 4.79 Å². The molecular formula is C30H32F6N4O4. The summed E-state index contributed by atoms with van der Waals surface area (Å²) < 4.78 is 85.1. The van der Waals surface area contributed by atoms with E-state index in [-0.39, 0.29) is 43.9 Å². The zero-order valence-corrected chi connectivity index (χ0v) is 23.7. The number of carbonyl (C=O) groups is 3. The molecule has 5 rings (SSSR count). The number of hydrogen-bond acceptors (Lipinski definition) is 5. The molecule has 0 bridgehead atoms. The molecule has 44 heavy (non-hydrogen) atoms. The van der Waals surface area contributed by atoms with Crippen LogP contribution in [0.25, 0.3) is 0 Å². The second-order valence-corrected chi connectivity index (χ2v) is 11.3. The van der Waals surface area contributed by atoms with Gasteiger partial charge in [0.15, 0.2) is 0 Å². The van der Waals surface area contributed by atoms with Crippen molar-refractivity contribution in [3.8, 4) is 0 Å². The average molecular weight is 627 g/mol. The first-order chi connectivity index (χ1) is 20.8. The van der Waals surface area contributed by atoms with Gasteiger partial charge in [0, 0.05) is 26.1 Å². The van der Waals surface area contributed by atoms with Crippen molar-refractivity contribution in [1.29, 1.82) is 0 Å². The van der Waals surface area contributed by atoms with E-state index in [2.05, 4.69) is 4.90 Å². The van der Waals surface area contributed by atoms with E-state index in [1.54, 1.807) is 4.90 Å². The lowest BCUT2D eigenvalue weighted by Gasteiger charge is -2.52. The van der Waals surface area contributed by atoms with Crippen LogP contribution in [-0.2, 0) is 39.8 Å². The van der Waals surface area contributed by atoms with Crippen LogP contribution in [0, 0.1) is 0 Å². The summed E-state index contributed by atoms with van der Waals surface area (Å²) in [5, 5.41) is 0. The number of benzene rings is 2. The highest BCUT2D eigenvalue weighted by atomic mass is 19.4. The molecule has 0 aliphatic carbocycles. The van der Waals surface area contributed by atoms with E-state index in [0.717, 1.165) is 31.5 Å². The summed E-state index contributed by atoms with van der Waals surface area (Å²) in [6.07, 6.45) is -9.70. The van der Waals surface area contributed by atoms with Gasteiger partial charge in [-0.05, 0) is 61.7 Å². The van der Waals surface area contributed by atoms with Gasteiger partial charge in [-0.1, -0.05) is 30.3 Å². The lowest BCUT2D eigenvalue weighted by molar-refractivity contribution is -0.169. The second kappa shape index (κ2) is 12.7. The van der Waals surface area contributed by atoms with E-state index in [1.165, 1.54) is 9.80 Å². The molecule has 14 heteroatoms. The van der Waals surface area contributed by atoms with E-state index >= 15 is 0 Å². The van der Waals surface area contributed by atoms with Gasteiger partial charge in [0.05, 0.1) is 17.7 Å². The summed E-state index contributed by atoms with van der Waals surface area (Å²) >= 11 is 0. The molecule has 2 aromatic carbocycles. The van der Waals surface area contributed by atoms with E-state index in [0.29, 0.717) is 25.1 Å². The first-order valence-electron chi connectivity index (χ1n) is 14.4. The van der Waals surface area contributed by atoms with Crippen LogP contribution in [0.1, 0.15) is 47.9 Å². The van der Waals surface area contributed by atoms with Crippen molar-refractivity contribution in [2.24, 2.45) is 0 Å². The maximum absolute atomic E-state index is 13.7. The van der Waals surface area contributed by atoms with Gasteiger partial charge in [-0.3, -0.25) is 14.5 Å². The smallest absolute Gasteiger partial charge is 0.416 e. The molecule has 3 fully saturated rings. The summed E-state index contributed by atoms with van der Waals surface area (Å²) in [4.78, 5) is 46.7. The number of halogens is 6. The Hall–Kier alpha value is -3.81. The van der Waals surface area contributed by atoms with Gasteiger partial charge in [0.2, 0.25) is 11.8 Å². The number of amides is 3. The molecule has 8 nitrogen and oxygen atoms in total. The summed E-state index contributed by atoms with van der Waals surface area (Å²) in [6, 6.07) is 9.35. The van der Waals surface area contributed by atoms with Gasteiger partial charge in [0.1, 0.15) is 18.8 Å². The molecule has 0 N–H and O–H groups in total. The zero-order valence-electron chi connectivity index (χ0n) is 23.7. The second-order valence-electron chi connectivity index (χ2n) is 11.3. The van der Waals surface area contributed by atoms with Crippen molar-refractivity contribution in [1.82, 2.24) is 19.6 Å². The third-order valence-electron chi connectivity index (χ3n) is 8.23. The van der Waals surface area contributed by atoms with E-state index < -0.39 is 54.0 Å². The highest BCUT2D eigenvalue weighted by molar-refractivity contribution is 5.90. The van der Waals surface area contributed by atoms with Gasteiger partial charge in [0.25, 0.3) is 0 Å². The summed E-state index contributed by atoms with van der Waals surface area (Å²) in [5.41, 5.74) is -2.68. The molecule has 3 amide bonds. The minimum absolute atomic E-state index is 0.00208. The van der Waals surface area contributed by atoms with Crippen LogP contribution in [0.15, 0.2) is 48.5 Å². The standard InChI is InChI=1S/C30H32F6N4O4/c31-29(32,33)22-14-21(15-23(16-22)30(34,35)36)19-44-28(43)39-13-9-26(41)40-24(8-12-37-10-4-5-11-37)27(42)38(18-25(39)40)17-20-6-2-1-3-7-20/h1-3,6-7,14-16,24-25H,4-5,8-13,17-19H2/t24-,25+/m0/s1. The van der Waals surface area contributed by atoms with Gasteiger partial charge >= 0.3 is 18.4 Å². The summed E-state index contributed by atoms with van der Waals surface area (Å²) in [6.45, 7) is 1.61. The van der Waals surface area contributed by atoms with Crippen LogP contribution in [0.3, 0.4) is 0 Å². The maximum atomic E-state index is 13.7. The van der Waals surface area contributed by atoms with Crippen LogP contribution < -0.4 is 0 Å². The Morgan fingerprint density at radius 1 is 0.864 bits per heavy atom. The van der Waals surface area contributed by atoms with Gasteiger partial charge in [-0.2, -0.15) is 26.3 Å². The largest absolute Gasteiger partial charge is 0.444 e. The van der Waals surface area contributed by atoms with Crippen LogP contribution in [0.4, 0.5) is 31.1 Å². The highest BCUT2D eigenvalue weighted by Gasteiger charge is 2.49. The Morgan fingerprint density at radius 2 is 1.50 bits per heavy atom. The first-order valence-corrected chi connectivity index (χ1v) is 14.4. The third kappa shape index (κ3) is 7.11. The van der Waals surface area contributed by atoms with Crippen molar-refractivity contribution in [3.05, 3.63) is 70.8 Å². The molecule has 3 aliphatic rings. The van der Waals surface area contributed by atoms with Crippen LogP contribution in [0.2, 0.25) is 0 Å². The molecule has 0 spiro atoms. The normalized spacial score (nSPS) is 21.5. The van der Waals surface area contributed by atoms with Crippen molar-refractivity contribution in [2.75, 3.05) is 32.7 Å². The number of nitrogens with zero attached hydrogens (tertiary/aromatic N) is 4. The number of likely N-dealkylation sites (tertiary alicyclic amines) is 1. The topological polar surface area (TPSA) is 73.4 Å². The molecular weight excluding hydrogens is 594 g/mol. The highest BCUT2D eigenvalue weighted by Crippen LogP contribution is 2.37. The molecule has 0 aromatic heterocycles. The van der Waals surface area contributed by atoms with Crippen molar-refractivity contribution >= 4 is 17.9 Å². The predicted octanol–water partition coefficient (Wildman–Crippen LogP) is 5.12. The lowest BCUT2D eigenvalue weighted by atomic mass is 10.0. The Balaban J connectivity index is 1.37. The van der Waals surface area contributed by atoms with E-state index in [4.69, 9.17) is 4.74 Å². The Kier molecular flexibility index (Phi) is 9.10.